The average Bonchev–Trinajstić information content (AvgIpc) is 3.24. The molecule has 9 nitrogen and oxygen atoms in total. The van der Waals surface area contributed by atoms with E-state index in [4.69, 9.17) is 9.84 Å². The van der Waals surface area contributed by atoms with Gasteiger partial charge < -0.3 is 9.72 Å². The summed E-state index contributed by atoms with van der Waals surface area (Å²) in [5.74, 6) is 1.31. The maximum Gasteiger partial charge on any atom is 0.277 e. The van der Waals surface area contributed by atoms with E-state index in [-0.39, 0.29) is 16.3 Å². The minimum absolute atomic E-state index is 0.0154. The summed E-state index contributed by atoms with van der Waals surface area (Å²) in [6, 6.07) is 17.6. The fourth-order valence-corrected chi connectivity index (χ4v) is 5.82. The first-order valence-corrected chi connectivity index (χ1v) is 14.6. The summed E-state index contributed by atoms with van der Waals surface area (Å²) in [5, 5.41) is 6.41. The number of rotatable bonds is 10. The minimum Gasteiger partial charge on any atom is -0.493 e. The van der Waals surface area contributed by atoms with Gasteiger partial charge in [0.2, 0.25) is 0 Å². The first-order valence-electron chi connectivity index (χ1n) is 13.1. The fraction of sp³-hybridized carbons (Fsp3) is 0.276. The van der Waals surface area contributed by atoms with Crippen molar-refractivity contribution in [2.24, 2.45) is 0 Å². The molecule has 0 atom stereocenters. The molecule has 0 unspecified atom stereocenters. The molecule has 5 aromatic rings. The number of hydrogen-bond donors (Lipinski definition) is 2. The Morgan fingerprint density at radius 2 is 1.82 bits per heavy atom. The van der Waals surface area contributed by atoms with Gasteiger partial charge in [-0.15, -0.1) is 5.10 Å². The molecule has 0 radical (unpaired) electrons. The number of unbranched alkanes of at least 4 members (excludes halogenated alkanes) is 2. The van der Waals surface area contributed by atoms with Crippen molar-refractivity contribution in [2.45, 2.75) is 51.3 Å². The van der Waals surface area contributed by atoms with Crippen LogP contribution in [0.3, 0.4) is 0 Å². The Morgan fingerprint density at radius 1 is 1.03 bits per heavy atom. The Kier molecular flexibility index (Phi) is 7.38. The third kappa shape index (κ3) is 5.24. The maximum absolute atomic E-state index is 13.5. The van der Waals surface area contributed by atoms with Crippen molar-refractivity contribution in [3.8, 4) is 17.1 Å². The second kappa shape index (κ2) is 10.9. The van der Waals surface area contributed by atoms with Gasteiger partial charge in [0.25, 0.3) is 15.6 Å². The number of benzene rings is 3. The van der Waals surface area contributed by atoms with Crippen LogP contribution in [0.15, 0.2) is 70.4 Å². The molecule has 2 aromatic heterocycles. The highest BCUT2D eigenvalue weighted by Gasteiger charge is 2.21. The van der Waals surface area contributed by atoms with Crippen molar-refractivity contribution in [2.75, 3.05) is 11.3 Å². The van der Waals surface area contributed by atoms with Gasteiger partial charge in [-0.3, -0.25) is 9.52 Å². The van der Waals surface area contributed by atoms with E-state index in [1.165, 1.54) is 12.1 Å². The van der Waals surface area contributed by atoms with E-state index in [1.54, 1.807) is 29.6 Å². The van der Waals surface area contributed by atoms with Crippen molar-refractivity contribution < 1.29 is 13.2 Å². The number of imidazole rings is 1. The third-order valence-electron chi connectivity index (χ3n) is 6.60. The van der Waals surface area contributed by atoms with Gasteiger partial charge in [-0.25, -0.2) is 17.9 Å². The van der Waals surface area contributed by atoms with E-state index in [9.17, 15) is 13.2 Å². The van der Waals surface area contributed by atoms with E-state index in [1.807, 2.05) is 37.3 Å². The number of anilines is 1. The molecule has 0 amide bonds. The first-order chi connectivity index (χ1) is 18.8. The Bertz CT molecular complexity index is 1820. The van der Waals surface area contributed by atoms with Crippen LogP contribution >= 0.6 is 0 Å². The van der Waals surface area contributed by atoms with Crippen LogP contribution in [0.5, 0.6) is 5.75 Å². The number of ether oxygens (including phenoxy) is 1. The quantitative estimate of drug-likeness (QED) is 0.224. The number of hydrogen-bond acceptors (Lipinski definition) is 6. The van der Waals surface area contributed by atoms with Crippen LogP contribution in [-0.4, -0.2) is 34.6 Å². The van der Waals surface area contributed by atoms with E-state index in [0.717, 1.165) is 30.0 Å². The Hall–Kier alpha value is -4.18. The molecule has 10 heteroatoms. The average molecular weight is 546 g/mol. The minimum atomic E-state index is -3.98. The smallest absolute Gasteiger partial charge is 0.277 e. The van der Waals surface area contributed by atoms with Gasteiger partial charge in [0.15, 0.2) is 11.3 Å². The molecule has 2 N–H and O–H groups in total. The maximum atomic E-state index is 13.5. The zero-order valence-corrected chi connectivity index (χ0v) is 23.0. The predicted octanol–water partition coefficient (Wildman–Crippen LogP) is 5.48. The summed E-state index contributed by atoms with van der Waals surface area (Å²) in [7, 11) is -3.98. The Morgan fingerprint density at radius 3 is 2.62 bits per heavy atom. The van der Waals surface area contributed by atoms with E-state index < -0.39 is 10.0 Å². The molecule has 39 heavy (non-hydrogen) atoms. The monoisotopic (exact) mass is 545 g/mol. The molecule has 0 bridgehead atoms. The fourth-order valence-electron chi connectivity index (χ4n) is 4.71. The first kappa shape index (κ1) is 26.4. The summed E-state index contributed by atoms with van der Waals surface area (Å²) in [4.78, 5) is 20.5. The van der Waals surface area contributed by atoms with Gasteiger partial charge in [-0.05, 0) is 49.9 Å². The topological polar surface area (TPSA) is 118 Å². The summed E-state index contributed by atoms with van der Waals surface area (Å²) in [6.45, 7) is 6.10. The molecule has 2 heterocycles. The lowest BCUT2D eigenvalue weighted by molar-refractivity contribution is 0.341. The molecule has 0 saturated carbocycles. The lowest BCUT2D eigenvalue weighted by atomic mass is 10.1. The molecule has 0 fully saturated rings. The van der Waals surface area contributed by atoms with Crippen LogP contribution in [0.1, 0.15) is 44.6 Å². The third-order valence-corrected chi connectivity index (χ3v) is 7.96. The van der Waals surface area contributed by atoms with Crippen molar-refractivity contribution in [3.63, 3.8) is 0 Å². The van der Waals surface area contributed by atoms with Gasteiger partial charge in [-0.2, -0.15) is 0 Å². The van der Waals surface area contributed by atoms with Crippen molar-refractivity contribution in [1.82, 2.24) is 19.6 Å². The molecular formula is C29H31N5O4S. The highest BCUT2D eigenvalue weighted by atomic mass is 32.2. The molecule has 202 valence electrons. The van der Waals surface area contributed by atoms with E-state index in [0.29, 0.717) is 47.1 Å². The molecule has 0 aliphatic rings. The second-order valence-corrected chi connectivity index (χ2v) is 11.0. The van der Waals surface area contributed by atoms with Gasteiger partial charge >= 0.3 is 0 Å². The largest absolute Gasteiger partial charge is 0.493 e. The van der Waals surface area contributed by atoms with Gasteiger partial charge in [0.05, 0.1) is 28.4 Å². The number of sulfonamides is 1. The van der Waals surface area contributed by atoms with Crippen LogP contribution in [0, 0.1) is 6.92 Å². The number of aromatic nitrogens is 4. The zero-order valence-electron chi connectivity index (χ0n) is 22.2. The van der Waals surface area contributed by atoms with E-state index >= 15 is 0 Å². The normalized spacial score (nSPS) is 11.8. The summed E-state index contributed by atoms with van der Waals surface area (Å²) in [6.07, 6.45) is 3.71. The van der Waals surface area contributed by atoms with Crippen LogP contribution in [0.2, 0.25) is 0 Å². The van der Waals surface area contributed by atoms with Crippen molar-refractivity contribution >= 4 is 32.0 Å². The molecule has 0 aliphatic carbocycles. The van der Waals surface area contributed by atoms with Crippen LogP contribution < -0.4 is 15.0 Å². The number of aromatic amines is 1. The molecule has 0 aliphatic heterocycles. The second-order valence-electron chi connectivity index (χ2n) is 9.36. The lowest BCUT2D eigenvalue weighted by Gasteiger charge is -2.14. The number of aryl methyl sites for hydroxylation is 2. The molecule has 0 spiro atoms. The molecule has 3 aromatic carbocycles. The standard InChI is InChI=1S/C29H31N5O4S/c1-4-6-7-15-26-30-19(3)27-29(35)31-28(32-34(26)27)23-18-21(16-17-25(23)38-5-2)39(36,37)33-24-14-10-12-20-11-8-9-13-22(20)24/h8-14,16-18,33H,4-7,15H2,1-3H3,(H,31,32,35). The molecular weight excluding hydrogens is 514 g/mol. The molecule has 5 rings (SSSR count). The number of nitrogens with zero attached hydrogens (tertiary/aromatic N) is 3. The van der Waals surface area contributed by atoms with E-state index in [2.05, 4.69) is 21.6 Å². The lowest BCUT2D eigenvalue weighted by Crippen LogP contribution is -2.17. The predicted molar refractivity (Wildman–Crippen MR) is 153 cm³/mol. The van der Waals surface area contributed by atoms with Gasteiger partial charge in [0.1, 0.15) is 11.6 Å². The summed E-state index contributed by atoms with van der Waals surface area (Å²) >= 11 is 0. The van der Waals surface area contributed by atoms with Crippen LogP contribution in [-0.2, 0) is 16.4 Å². The van der Waals surface area contributed by atoms with Crippen LogP contribution in [0.4, 0.5) is 5.69 Å². The summed E-state index contributed by atoms with van der Waals surface area (Å²) < 4.78 is 37.1. The van der Waals surface area contributed by atoms with Gasteiger partial charge in [-0.1, -0.05) is 56.2 Å². The zero-order chi connectivity index (χ0) is 27.6. The van der Waals surface area contributed by atoms with Crippen molar-refractivity contribution in [1.29, 1.82) is 0 Å². The summed E-state index contributed by atoms with van der Waals surface area (Å²) in [5.41, 5.74) is 1.47. The van der Waals surface area contributed by atoms with Crippen molar-refractivity contribution in [3.05, 3.63) is 82.5 Å². The number of H-pyrrole nitrogens is 1. The Balaban J connectivity index is 1.60. The number of nitrogens with one attached hydrogen (secondary N) is 2. The molecule has 0 saturated heterocycles. The highest BCUT2D eigenvalue weighted by Crippen LogP contribution is 2.32. The number of fused-ring (bicyclic) bond motifs is 2. The Labute approximate surface area is 226 Å². The SMILES string of the molecule is CCCCCc1nc(C)c2c(=O)[nH]c(-c3cc(S(=O)(=O)Nc4cccc5ccccc45)ccc3OCC)nn12. The van der Waals surface area contributed by atoms with Gasteiger partial charge in [0, 0.05) is 11.8 Å². The highest BCUT2D eigenvalue weighted by molar-refractivity contribution is 7.92. The van der Waals surface area contributed by atoms with Crippen LogP contribution in [0.25, 0.3) is 27.7 Å².